The second kappa shape index (κ2) is 7.82. The minimum atomic E-state index is -0.796. The molecule has 0 aliphatic heterocycles. The number of ether oxygens (including phenoxy) is 1. The van der Waals surface area contributed by atoms with E-state index in [1.54, 1.807) is 7.11 Å². The number of para-hydroxylation sites is 1. The molecule has 1 aromatic rings. The van der Waals surface area contributed by atoms with Gasteiger partial charge in [0.1, 0.15) is 5.75 Å². The summed E-state index contributed by atoms with van der Waals surface area (Å²) in [6, 6.07) is 7.93. The Morgan fingerprint density at radius 3 is 2.57 bits per heavy atom. The van der Waals surface area contributed by atoms with Crippen LogP contribution >= 0.6 is 0 Å². The molecule has 4 heteroatoms. The highest BCUT2D eigenvalue weighted by Gasteiger charge is 2.34. The molecule has 2 rings (SSSR count). The average Bonchev–Trinajstić information content (AvgIpc) is 2.93. The van der Waals surface area contributed by atoms with Crippen molar-refractivity contribution in [2.75, 3.05) is 7.11 Å². The number of rotatable bonds is 7. The second-order valence-corrected chi connectivity index (χ2v) is 7.04. The van der Waals surface area contributed by atoms with Crippen LogP contribution in [0.5, 0.6) is 5.75 Å². The molecule has 0 radical (unpaired) electrons. The van der Waals surface area contributed by atoms with Crippen molar-refractivity contribution >= 4 is 5.91 Å². The number of hydrogen-bond donors (Lipinski definition) is 2. The van der Waals surface area contributed by atoms with Gasteiger partial charge in [-0.05, 0) is 36.8 Å². The summed E-state index contributed by atoms with van der Waals surface area (Å²) in [6.45, 7) is 4.20. The predicted octanol–water partition coefficient (Wildman–Crippen LogP) is 3.07. The van der Waals surface area contributed by atoms with E-state index in [9.17, 15) is 9.90 Å². The SMILES string of the molecule is COc1ccccc1CC(NC(=O)CC1(O)CCCC1)C(C)C. The van der Waals surface area contributed by atoms with E-state index in [1.807, 2.05) is 24.3 Å². The lowest BCUT2D eigenvalue weighted by molar-refractivity contribution is -0.126. The van der Waals surface area contributed by atoms with Crippen molar-refractivity contribution in [2.45, 2.75) is 64.0 Å². The topological polar surface area (TPSA) is 58.6 Å². The first-order valence-electron chi connectivity index (χ1n) is 8.57. The van der Waals surface area contributed by atoms with Crippen LogP contribution in [0.1, 0.15) is 51.5 Å². The molecule has 0 saturated heterocycles. The largest absolute Gasteiger partial charge is 0.496 e. The summed E-state index contributed by atoms with van der Waals surface area (Å²) in [5, 5.41) is 13.5. The summed E-state index contributed by atoms with van der Waals surface area (Å²) in [5.74, 6) is 1.10. The van der Waals surface area contributed by atoms with Gasteiger partial charge in [0, 0.05) is 6.04 Å². The molecule has 128 valence electrons. The van der Waals surface area contributed by atoms with E-state index < -0.39 is 5.60 Å². The van der Waals surface area contributed by atoms with Crippen LogP contribution in [0.2, 0.25) is 0 Å². The summed E-state index contributed by atoms with van der Waals surface area (Å²) in [5.41, 5.74) is 0.296. The Hall–Kier alpha value is -1.55. The van der Waals surface area contributed by atoms with Crippen molar-refractivity contribution in [3.05, 3.63) is 29.8 Å². The molecule has 1 atom stereocenters. The maximum absolute atomic E-state index is 12.4. The minimum Gasteiger partial charge on any atom is -0.496 e. The van der Waals surface area contributed by atoms with Gasteiger partial charge >= 0.3 is 0 Å². The number of benzene rings is 1. The van der Waals surface area contributed by atoms with E-state index in [0.717, 1.165) is 43.4 Å². The molecule has 1 saturated carbocycles. The van der Waals surface area contributed by atoms with Crippen molar-refractivity contribution in [1.29, 1.82) is 0 Å². The average molecular weight is 319 g/mol. The highest BCUT2D eigenvalue weighted by molar-refractivity contribution is 5.77. The lowest BCUT2D eigenvalue weighted by Crippen LogP contribution is -2.43. The van der Waals surface area contributed by atoms with Crippen molar-refractivity contribution in [3.8, 4) is 5.75 Å². The molecule has 1 amide bonds. The van der Waals surface area contributed by atoms with Crippen LogP contribution in [0, 0.1) is 5.92 Å². The van der Waals surface area contributed by atoms with Crippen LogP contribution < -0.4 is 10.1 Å². The molecule has 4 nitrogen and oxygen atoms in total. The Morgan fingerprint density at radius 1 is 1.30 bits per heavy atom. The van der Waals surface area contributed by atoms with Gasteiger partial charge in [0.2, 0.25) is 5.91 Å². The number of methoxy groups -OCH3 is 1. The molecular formula is C19H29NO3. The van der Waals surface area contributed by atoms with Crippen LogP contribution in [0.4, 0.5) is 0 Å². The minimum absolute atomic E-state index is 0.0313. The third kappa shape index (κ3) is 4.96. The number of carbonyl (C=O) groups excluding carboxylic acids is 1. The number of aliphatic hydroxyl groups is 1. The van der Waals surface area contributed by atoms with E-state index in [1.165, 1.54) is 0 Å². The Kier molecular flexibility index (Phi) is 6.05. The molecule has 0 bridgehead atoms. The highest BCUT2D eigenvalue weighted by Crippen LogP contribution is 2.32. The van der Waals surface area contributed by atoms with Crippen LogP contribution in [0.3, 0.4) is 0 Å². The molecular weight excluding hydrogens is 290 g/mol. The normalized spacial score (nSPS) is 18.0. The van der Waals surface area contributed by atoms with Gasteiger partial charge in [-0.25, -0.2) is 0 Å². The zero-order valence-electron chi connectivity index (χ0n) is 14.5. The number of amides is 1. The number of carbonyl (C=O) groups is 1. The molecule has 1 aliphatic carbocycles. The molecule has 1 unspecified atom stereocenters. The summed E-state index contributed by atoms with van der Waals surface area (Å²) in [4.78, 5) is 12.4. The first-order valence-corrected chi connectivity index (χ1v) is 8.57. The van der Waals surface area contributed by atoms with Gasteiger partial charge in [-0.3, -0.25) is 4.79 Å². The van der Waals surface area contributed by atoms with Gasteiger partial charge in [0.25, 0.3) is 0 Å². The van der Waals surface area contributed by atoms with Crippen LogP contribution in [0.15, 0.2) is 24.3 Å². The van der Waals surface area contributed by atoms with Gasteiger partial charge in [-0.2, -0.15) is 0 Å². The zero-order chi connectivity index (χ0) is 16.9. The van der Waals surface area contributed by atoms with Gasteiger partial charge in [-0.1, -0.05) is 44.9 Å². The fourth-order valence-corrected chi connectivity index (χ4v) is 3.33. The third-order valence-electron chi connectivity index (χ3n) is 4.81. The maximum atomic E-state index is 12.4. The highest BCUT2D eigenvalue weighted by atomic mass is 16.5. The van der Waals surface area contributed by atoms with Crippen LogP contribution in [0.25, 0.3) is 0 Å². The predicted molar refractivity (Wildman–Crippen MR) is 91.5 cm³/mol. The van der Waals surface area contributed by atoms with E-state index in [0.29, 0.717) is 5.92 Å². The number of hydrogen-bond acceptors (Lipinski definition) is 3. The zero-order valence-corrected chi connectivity index (χ0v) is 14.5. The second-order valence-electron chi connectivity index (χ2n) is 7.04. The quantitative estimate of drug-likeness (QED) is 0.812. The Morgan fingerprint density at radius 2 is 1.96 bits per heavy atom. The molecule has 23 heavy (non-hydrogen) atoms. The first kappa shape index (κ1) is 17.8. The van der Waals surface area contributed by atoms with Gasteiger partial charge in [0.05, 0.1) is 19.1 Å². The lowest BCUT2D eigenvalue weighted by atomic mass is 9.94. The molecule has 0 heterocycles. The van der Waals surface area contributed by atoms with Gasteiger partial charge in [-0.15, -0.1) is 0 Å². The van der Waals surface area contributed by atoms with Crippen molar-refractivity contribution in [2.24, 2.45) is 5.92 Å². The molecule has 1 aromatic carbocycles. The third-order valence-corrected chi connectivity index (χ3v) is 4.81. The smallest absolute Gasteiger partial charge is 0.223 e. The Balaban J connectivity index is 1.99. The molecule has 1 fully saturated rings. The molecule has 0 spiro atoms. The van der Waals surface area contributed by atoms with E-state index >= 15 is 0 Å². The van der Waals surface area contributed by atoms with Crippen molar-refractivity contribution < 1.29 is 14.6 Å². The summed E-state index contributed by atoms with van der Waals surface area (Å²) in [6.07, 6.45) is 4.43. The van der Waals surface area contributed by atoms with Gasteiger partial charge in [0.15, 0.2) is 0 Å². The van der Waals surface area contributed by atoms with E-state index in [4.69, 9.17) is 4.74 Å². The van der Waals surface area contributed by atoms with E-state index in [-0.39, 0.29) is 18.4 Å². The summed E-state index contributed by atoms with van der Waals surface area (Å²) in [7, 11) is 1.66. The monoisotopic (exact) mass is 319 g/mol. The summed E-state index contributed by atoms with van der Waals surface area (Å²) < 4.78 is 5.40. The van der Waals surface area contributed by atoms with Crippen LogP contribution in [-0.4, -0.2) is 29.8 Å². The summed E-state index contributed by atoms with van der Waals surface area (Å²) >= 11 is 0. The number of nitrogens with one attached hydrogen (secondary N) is 1. The first-order chi connectivity index (χ1) is 10.9. The molecule has 2 N–H and O–H groups in total. The van der Waals surface area contributed by atoms with Crippen LogP contribution in [-0.2, 0) is 11.2 Å². The van der Waals surface area contributed by atoms with Crippen molar-refractivity contribution in [3.63, 3.8) is 0 Å². The maximum Gasteiger partial charge on any atom is 0.223 e. The standard InChI is InChI=1S/C19H29NO3/c1-14(2)16(12-15-8-4-5-9-17(15)23-3)20-18(21)13-19(22)10-6-7-11-19/h4-5,8-9,14,16,22H,6-7,10-13H2,1-3H3,(H,20,21). The van der Waals surface area contributed by atoms with E-state index in [2.05, 4.69) is 19.2 Å². The lowest BCUT2D eigenvalue weighted by Gasteiger charge is -2.26. The molecule has 1 aliphatic rings. The fraction of sp³-hybridized carbons (Fsp3) is 0.632. The Bertz CT molecular complexity index is 521. The van der Waals surface area contributed by atoms with Crippen molar-refractivity contribution in [1.82, 2.24) is 5.32 Å². The Labute approximate surface area is 139 Å². The van der Waals surface area contributed by atoms with Gasteiger partial charge < -0.3 is 15.2 Å². The molecule has 0 aromatic heterocycles. The fourth-order valence-electron chi connectivity index (χ4n) is 3.33.